The van der Waals surface area contributed by atoms with E-state index in [4.69, 9.17) is 5.11 Å². The summed E-state index contributed by atoms with van der Waals surface area (Å²) in [6, 6.07) is 0. The molecule has 0 unspecified atom stereocenters. The van der Waals surface area contributed by atoms with Gasteiger partial charge in [-0.1, -0.05) is 62.8 Å². The van der Waals surface area contributed by atoms with Gasteiger partial charge in [-0.25, -0.2) is 0 Å². The Hall–Kier alpha value is -2.81. The van der Waals surface area contributed by atoms with Gasteiger partial charge < -0.3 is 10.0 Å². The third kappa shape index (κ3) is 6.68. The normalized spacial score (nSPS) is 16.1. The molecule has 1 N–H and O–H groups in total. The van der Waals surface area contributed by atoms with Gasteiger partial charge in [-0.15, -0.1) is 0 Å². The lowest BCUT2D eigenvalue weighted by atomic mass is 9.95. The molecule has 25 heavy (non-hydrogen) atoms. The van der Waals surface area contributed by atoms with Gasteiger partial charge in [0, 0.05) is 25.2 Å². The lowest BCUT2D eigenvalue weighted by Crippen LogP contribution is -2.30. The number of carboxylic acids is 1. The van der Waals surface area contributed by atoms with Crippen LogP contribution in [0.2, 0.25) is 0 Å². The van der Waals surface area contributed by atoms with Gasteiger partial charge in [-0.3, -0.25) is 4.79 Å². The van der Waals surface area contributed by atoms with Crippen LogP contribution in [0.1, 0.15) is 19.3 Å². The van der Waals surface area contributed by atoms with Crippen molar-refractivity contribution in [2.24, 2.45) is 0 Å². The number of carbonyl (C=O) groups is 1. The lowest BCUT2D eigenvalue weighted by molar-refractivity contribution is -0.136. The maximum Gasteiger partial charge on any atom is 0.303 e. The van der Waals surface area contributed by atoms with Crippen molar-refractivity contribution in [1.29, 1.82) is 0 Å². The summed E-state index contributed by atoms with van der Waals surface area (Å²) < 4.78 is 0. The molecule has 0 saturated heterocycles. The molecule has 1 aliphatic heterocycles. The fourth-order valence-electron chi connectivity index (χ4n) is 2.65. The van der Waals surface area contributed by atoms with Crippen molar-refractivity contribution in [3.05, 3.63) is 97.3 Å². The quantitative estimate of drug-likeness (QED) is 0.573. The van der Waals surface area contributed by atoms with E-state index in [-0.39, 0.29) is 6.42 Å². The fraction of sp³-hybridized carbons (Fsp3) is 0.227. The summed E-state index contributed by atoms with van der Waals surface area (Å²) in [4.78, 5) is 13.0. The van der Waals surface area contributed by atoms with Crippen molar-refractivity contribution in [3.8, 4) is 0 Å². The van der Waals surface area contributed by atoms with Crippen LogP contribution in [-0.2, 0) is 4.79 Å². The van der Waals surface area contributed by atoms with Crippen molar-refractivity contribution in [2.45, 2.75) is 19.3 Å². The number of nitrogens with zero attached hydrogens (tertiary/aromatic N) is 1. The van der Waals surface area contributed by atoms with E-state index >= 15 is 0 Å². The number of aliphatic carboxylic acids is 1. The minimum absolute atomic E-state index is 0.110. The Kier molecular flexibility index (Phi) is 8.80. The Morgan fingerprint density at radius 1 is 1.12 bits per heavy atom. The second-order valence-electron chi connectivity index (χ2n) is 5.67. The molecule has 0 amide bonds. The van der Waals surface area contributed by atoms with Crippen molar-refractivity contribution in [3.63, 3.8) is 0 Å². The molecule has 1 rings (SSSR count). The average Bonchev–Trinajstić information content (AvgIpc) is 2.62. The van der Waals surface area contributed by atoms with Crippen molar-refractivity contribution < 1.29 is 9.90 Å². The standard InChI is InChI=1S/C22H27NO2/c1-5-9-11-21(10-6-2)23-15-14-20(19(8-4)17-23)16-18(7-3)12-13-22(24)25/h5-11,16H,1-4,12-15,17H2,(H,24,25)/b11-9-,18-16+,21-10+. The largest absolute Gasteiger partial charge is 0.481 e. The molecule has 0 spiro atoms. The van der Waals surface area contributed by atoms with Crippen LogP contribution in [0.5, 0.6) is 0 Å². The van der Waals surface area contributed by atoms with Gasteiger partial charge in [0.2, 0.25) is 0 Å². The van der Waals surface area contributed by atoms with Gasteiger partial charge in [-0.2, -0.15) is 0 Å². The molecule has 0 aromatic heterocycles. The second-order valence-corrected chi connectivity index (χ2v) is 5.67. The predicted octanol–water partition coefficient (Wildman–Crippen LogP) is 4.96. The zero-order valence-corrected chi connectivity index (χ0v) is 14.8. The molecule has 3 heteroatoms. The molecule has 1 aliphatic rings. The van der Waals surface area contributed by atoms with Gasteiger partial charge in [-0.05, 0) is 41.7 Å². The predicted molar refractivity (Wildman–Crippen MR) is 106 cm³/mol. The molecule has 0 aromatic rings. The smallest absolute Gasteiger partial charge is 0.303 e. The Balaban J connectivity index is 3.03. The fourth-order valence-corrected chi connectivity index (χ4v) is 2.65. The number of rotatable bonds is 10. The molecule has 1 heterocycles. The number of hydrogen-bond donors (Lipinski definition) is 1. The molecule has 0 aromatic carbocycles. The number of carboxylic acid groups (broad SMARTS) is 1. The Bertz CT molecular complexity index is 660. The highest BCUT2D eigenvalue weighted by atomic mass is 16.4. The van der Waals surface area contributed by atoms with Gasteiger partial charge in [0.05, 0.1) is 0 Å². The van der Waals surface area contributed by atoms with Crippen molar-refractivity contribution in [2.75, 3.05) is 13.1 Å². The van der Waals surface area contributed by atoms with E-state index in [2.05, 4.69) is 37.3 Å². The first-order valence-corrected chi connectivity index (χ1v) is 8.31. The molecular weight excluding hydrogens is 310 g/mol. The van der Waals surface area contributed by atoms with Crippen LogP contribution in [0.25, 0.3) is 0 Å². The average molecular weight is 337 g/mol. The molecule has 0 radical (unpaired) electrons. The molecule has 0 saturated carbocycles. The summed E-state index contributed by atoms with van der Waals surface area (Å²) in [5, 5.41) is 8.85. The van der Waals surface area contributed by atoms with Crippen LogP contribution >= 0.6 is 0 Å². The SMILES string of the molecule is C=C/C=C\C(=C/C=C)N1CCC(/C=C(\C=C)CCC(=O)O)=C(C=C)C1. The van der Waals surface area contributed by atoms with Crippen molar-refractivity contribution in [1.82, 2.24) is 4.90 Å². The molecule has 0 bridgehead atoms. The Morgan fingerprint density at radius 2 is 1.88 bits per heavy atom. The molecule has 132 valence electrons. The maximum atomic E-state index is 10.8. The van der Waals surface area contributed by atoms with Crippen LogP contribution in [0.3, 0.4) is 0 Å². The second kappa shape index (κ2) is 10.9. The number of allylic oxidation sites excluding steroid dienone is 8. The molecule has 0 aliphatic carbocycles. The van der Waals surface area contributed by atoms with Gasteiger partial charge in [0.15, 0.2) is 0 Å². The summed E-state index contributed by atoms with van der Waals surface area (Å²) >= 11 is 0. The third-order valence-electron chi connectivity index (χ3n) is 3.98. The van der Waals surface area contributed by atoms with E-state index in [1.54, 1.807) is 18.2 Å². The Labute approximate surface area is 151 Å². The van der Waals surface area contributed by atoms with Gasteiger partial charge >= 0.3 is 5.97 Å². The van der Waals surface area contributed by atoms with E-state index in [0.29, 0.717) is 6.42 Å². The van der Waals surface area contributed by atoms with Crippen LogP contribution in [0, 0.1) is 0 Å². The highest BCUT2D eigenvalue weighted by Gasteiger charge is 2.17. The monoisotopic (exact) mass is 337 g/mol. The molecule has 3 nitrogen and oxygen atoms in total. The molecular formula is C22H27NO2. The third-order valence-corrected chi connectivity index (χ3v) is 3.98. The zero-order chi connectivity index (χ0) is 18.7. The van der Waals surface area contributed by atoms with E-state index in [9.17, 15) is 4.79 Å². The van der Waals surface area contributed by atoms with E-state index in [1.807, 2.05) is 24.3 Å². The number of hydrogen-bond acceptors (Lipinski definition) is 2. The van der Waals surface area contributed by atoms with Crippen LogP contribution < -0.4 is 0 Å². The first-order chi connectivity index (χ1) is 12.0. The van der Waals surface area contributed by atoms with Crippen LogP contribution in [0.15, 0.2) is 97.3 Å². The highest BCUT2D eigenvalue weighted by molar-refractivity contribution is 5.67. The Morgan fingerprint density at radius 3 is 2.44 bits per heavy atom. The summed E-state index contributed by atoms with van der Waals surface area (Å²) in [7, 11) is 0. The minimum Gasteiger partial charge on any atom is -0.481 e. The first kappa shape index (κ1) is 20.2. The minimum atomic E-state index is -0.797. The zero-order valence-electron chi connectivity index (χ0n) is 14.8. The summed E-state index contributed by atoms with van der Waals surface area (Å²) in [5.41, 5.74) is 4.35. The lowest BCUT2D eigenvalue weighted by Gasteiger charge is -2.32. The highest BCUT2D eigenvalue weighted by Crippen LogP contribution is 2.25. The summed E-state index contributed by atoms with van der Waals surface area (Å²) in [6.45, 7) is 16.8. The van der Waals surface area contributed by atoms with Gasteiger partial charge in [0.1, 0.15) is 0 Å². The van der Waals surface area contributed by atoms with E-state index in [0.717, 1.165) is 36.4 Å². The van der Waals surface area contributed by atoms with Crippen molar-refractivity contribution >= 4 is 5.97 Å². The summed E-state index contributed by atoms with van der Waals surface area (Å²) in [6.07, 6.45) is 16.5. The van der Waals surface area contributed by atoms with E-state index in [1.165, 1.54) is 5.57 Å². The molecule has 0 fully saturated rings. The summed E-state index contributed by atoms with van der Waals surface area (Å²) in [5.74, 6) is -0.797. The van der Waals surface area contributed by atoms with E-state index < -0.39 is 5.97 Å². The van der Waals surface area contributed by atoms with Crippen LogP contribution in [0.4, 0.5) is 0 Å². The first-order valence-electron chi connectivity index (χ1n) is 8.31. The molecule has 0 atom stereocenters. The van der Waals surface area contributed by atoms with Gasteiger partial charge in [0.25, 0.3) is 0 Å². The topological polar surface area (TPSA) is 40.5 Å². The van der Waals surface area contributed by atoms with Crippen LogP contribution in [-0.4, -0.2) is 29.1 Å². The maximum absolute atomic E-state index is 10.8.